The van der Waals surface area contributed by atoms with E-state index in [-0.39, 0.29) is 24.5 Å². The maximum atomic E-state index is 11.6. The number of amides is 1. The summed E-state index contributed by atoms with van der Waals surface area (Å²) in [6.45, 7) is 9.33. The summed E-state index contributed by atoms with van der Waals surface area (Å²) in [4.78, 5) is 22.2. The summed E-state index contributed by atoms with van der Waals surface area (Å²) in [5.74, 6) is 1.41. The topological polar surface area (TPSA) is 146 Å². The van der Waals surface area contributed by atoms with Gasteiger partial charge in [0.1, 0.15) is 11.8 Å². The first-order valence-electron chi connectivity index (χ1n) is 5.65. The Morgan fingerprint density at radius 2 is 1.85 bits per heavy atom. The second-order valence-electron chi connectivity index (χ2n) is 4.69. The molecule has 5 N–H and O–H groups in total. The van der Waals surface area contributed by atoms with E-state index in [9.17, 15) is 9.59 Å². The van der Waals surface area contributed by atoms with Gasteiger partial charge in [-0.3, -0.25) is 10.2 Å². The quantitative estimate of drug-likeness (QED) is 0.356. The lowest BCUT2D eigenvalue weighted by atomic mass is 10.1. The molecular weight excluding hydrogens is 264 g/mol. The van der Waals surface area contributed by atoms with Gasteiger partial charge in [-0.25, -0.2) is 0 Å². The van der Waals surface area contributed by atoms with Crippen molar-refractivity contribution in [3.63, 3.8) is 0 Å². The van der Waals surface area contributed by atoms with E-state index in [0.717, 1.165) is 0 Å². The lowest BCUT2D eigenvalue weighted by Crippen LogP contribution is -2.42. The van der Waals surface area contributed by atoms with Crippen LogP contribution in [-0.2, 0) is 9.59 Å². The summed E-state index contributed by atoms with van der Waals surface area (Å²) in [5.41, 5.74) is -1.97. The lowest BCUT2D eigenvalue weighted by Gasteiger charge is -2.19. The Hall–Kier alpha value is -1.89. The van der Waals surface area contributed by atoms with Gasteiger partial charge in [0, 0.05) is 6.54 Å². The van der Waals surface area contributed by atoms with Crippen molar-refractivity contribution in [2.24, 2.45) is 10.2 Å². The van der Waals surface area contributed by atoms with E-state index in [1.807, 2.05) is 0 Å². The SMILES string of the molecule is C=C=N.CC(C)(C=O)N=NC(C)(C)C(=O)NCCO.O. The number of carbonyl (C=O) groups is 2. The summed E-state index contributed by atoms with van der Waals surface area (Å²) < 4.78 is 0. The molecule has 0 aromatic carbocycles. The molecule has 0 atom stereocenters. The Bertz CT molecular complexity index is 358. The molecule has 0 spiro atoms. The molecule has 0 bridgehead atoms. The van der Waals surface area contributed by atoms with Gasteiger partial charge in [0.25, 0.3) is 0 Å². The zero-order valence-corrected chi connectivity index (χ0v) is 12.4. The normalized spacial score (nSPS) is 10.7. The number of azo groups is 1. The molecule has 8 nitrogen and oxygen atoms in total. The Morgan fingerprint density at radius 1 is 1.40 bits per heavy atom. The molecule has 116 valence electrons. The predicted molar refractivity (Wildman–Crippen MR) is 76.1 cm³/mol. The molecule has 0 radical (unpaired) electrons. The van der Waals surface area contributed by atoms with Gasteiger partial charge >= 0.3 is 0 Å². The Kier molecular flexibility index (Phi) is 12.7. The van der Waals surface area contributed by atoms with Crippen LogP contribution < -0.4 is 5.32 Å². The van der Waals surface area contributed by atoms with Crippen LogP contribution in [0.2, 0.25) is 0 Å². The molecule has 0 fully saturated rings. The molecule has 0 aliphatic carbocycles. The summed E-state index contributed by atoms with van der Waals surface area (Å²) in [7, 11) is 0. The Labute approximate surface area is 118 Å². The number of carbonyl (C=O) groups excluding carboxylic acids is 2. The summed E-state index contributed by atoms with van der Waals surface area (Å²) in [6.07, 6.45) is 0.665. The third kappa shape index (κ3) is 11.2. The molecule has 0 saturated carbocycles. The molecule has 0 aromatic rings. The smallest absolute Gasteiger partial charge is 0.249 e. The third-order valence-corrected chi connectivity index (χ3v) is 1.80. The summed E-state index contributed by atoms with van der Waals surface area (Å²) >= 11 is 0. The van der Waals surface area contributed by atoms with Crippen molar-refractivity contribution in [3.05, 3.63) is 6.58 Å². The highest BCUT2D eigenvalue weighted by Gasteiger charge is 2.28. The summed E-state index contributed by atoms with van der Waals surface area (Å²) in [5, 5.41) is 24.6. The Balaban J connectivity index is -0.000000657. The number of nitrogens with zero attached hydrogens (tertiary/aromatic N) is 2. The van der Waals surface area contributed by atoms with Gasteiger partial charge in [0.15, 0.2) is 5.54 Å². The van der Waals surface area contributed by atoms with E-state index >= 15 is 0 Å². The predicted octanol–water partition coefficient (Wildman–Crippen LogP) is -0.101. The molecule has 0 aromatic heterocycles. The van der Waals surface area contributed by atoms with E-state index < -0.39 is 11.1 Å². The molecule has 0 rings (SSSR count). The molecule has 8 heteroatoms. The highest BCUT2D eigenvalue weighted by molar-refractivity contribution is 5.85. The molecule has 20 heavy (non-hydrogen) atoms. The fourth-order valence-corrected chi connectivity index (χ4v) is 0.709. The molecule has 0 aliphatic rings. The zero-order valence-electron chi connectivity index (χ0n) is 12.4. The van der Waals surface area contributed by atoms with E-state index in [1.165, 1.54) is 0 Å². The molecule has 0 unspecified atom stereocenters. The zero-order chi connectivity index (χ0) is 15.5. The highest BCUT2D eigenvalue weighted by Crippen LogP contribution is 2.14. The van der Waals surface area contributed by atoms with Gasteiger partial charge in [0.2, 0.25) is 5.91 Å². The van der Waals surface area contributed by atoms with Crippen molar-refractivity contribution in [2.45, 2.75) is 38.8 Å². The van der Waals surface area contributed by atoms with Gasteiger partial charge in [0.05, 0.1) is 6.61 Å². The van der Waals surface area contributed by atoms with Crippen molar-refractivity contribution in [1.82, 2.24) is 5.32 Å². The van der Waals surface area contributed by atoms with E-state index in [2.05, 4.69) is 22.1 Å². The lowest BCUT2D eigenvalue weighted by molar-refractivity contribution is -0.125. The molecule has 1 amide bonds. The van der Waals surface area contributed by atoms with Gasteiger partial charge in [-0.2, -0.15) is 10.2 Å². The van der Waals surface area contributed by atoms with Crippen LogP contribution in [0.15, 0.2) is 16.8 Å². The monoisotopic (exact) mass is 288 g/mol. The second-order valence-corrected chi connectivity index (χ2v) is 4.69. The fraction of sp³-hybridized carbons (Fsp3) is 0.667. The highest BCUT2D eigenvalue weighted by atomic mass is 16.3. The number of nitrogens with one attached hydrogen (secondary N) is 2. The van der Waals surface area contributed by atoms with Gasteiger partial charge in [-0.15, -0.1) is 0 Å². The maximum absolute atomic E-state index is 11.6. The minimum absolute atomic E-state index is 0. The number of rotatable bonds is 6. The average molecular weight is 288 g/mol. The van der Waals surface area contributed by atoms with Crippen molar-refractivity contribution in [3.8, 4) is 0 Å². The van der Waals surface area contributed by atoms with E-state index in [1.54, 1.807) is 33.6 Å². The van der Waals surface area contributed by atoms with Crippen molar-refractivity contribution in [1.29, 1.82) is 5.41 Å². The number of aliphatic hydroxyl groups is 1. The van der Waals surface area contributed by atoms with Crippen molar-refractivity contribution >= 4 is 18.1 Å². The van der Waals surface area contributed by atoms with Gasteiger partial charge in [-0.1, -0.05) is 0 Å². The fourth-order valence-electron chi connectivity index (χ4n) is 0.709. The Morgan fingerprint density at radius 3 is 2.20 bits per heavy atom. The van der Waals surface area contributed by atoms with Crippen LogP contribution in [0.25, 0.3) is 0 Å². The third-order valence-electron chi connectivity index (χ3n) is 1.80. The van der Waals surface area contributed by atoms with Gasteiger partial charge < -0.3 is 20.7 Å². The molecule has 0 saturated heterocycles. The van der Waals surface area contributed by atoms with Crippen molar-refractivity contribution in [2.75, 3.05) is 13.2 Å². The first kappa shape index (κ1) is 23.2. The first-order chi connectivity index (χ1) is 8.66. The maximum Gasteiger partial charge on any atom is 0.249 e. The minimum atomic E-state index is -1.05. The molecular formula is C12H24N4O4. The van der Waals surface area contributed by atoms with Crippen molar-refractivity contribution < 1.29 is 20.2 Å². The van der Waals surface area contributed by atoms with Crippen LogP contribution >= 0.6 is 0 Å². The first-order valence-corrected chi connectivity index (χ1v) is 5.65. The van der Waals surface area contributed by atoms with Crippen LogP contribution in [0, 0.1) is 5.41 Å². The molecule has 0 aliphatic heterocycles. The number of aliphatic hydroxyl groups excluding tert-OH is 1. The largest absolute Gasteiger partial charge is 0.412 e. The average Bonchev–Trinajstić information content (AvgIpc) is 2.34. The van der Waals surface area contributed by atoms with Crippen LogP contribution in [0.1, 0.15) is 27.7 Å². The van der Waals surface area contributed by atoms with E-state index in [4.69, 9.17) is 10.5 Å². The standard InChI is InChI=1S/C10H19N3O3.C2H3N.H2O/c1-9(2,7-15)12-13-10(3,4)8(16)11-5-6-14;1-2-3;/h7,14H,5-6H2,1-4H3,(H,11,16);3H,1H2;1H2. The number of aldehydes is 1. The van der Waals surface area contributed by atoms with Gasteiger partial charge in [-0.05, 0) is 40.1 Å². The number of hydrogen-bond donors (Lipinski definition) is 3. The van der Waals surface area contributed by atoms with Crippen LogP contribution in [-0.4, -0.2) is 52.9 Å². The minimum Gasteiger partial charge on any atom is -0.412 e. The second kappa shape index (κ2) is 11.0. The van der Waals surface area contributed by atoms with Crippen LogP contribution in [0.3, 0.4) is 0 Å². The number of hydrogen-bond acceptors (Lipinski definition) is 6. The van der Waals surface area contributed by atoms with E-state index in [0.29, 0.717) is 6.29 Å². The van der Waals surface area contributed by atoms with Crippen LogP contribution in [0.5, 0.6) is 0 Å². The molecule has 0 heterocycles. The summed E-state index contributed by atoms with van der Waals surface area (Å²) in [6, 6.07) is 0. The van der Waals surface area contributed by atoms with Crippen LogP contribution in [0.4, 0.5) is 0 Å².